The number of aliphatic hydroxyl groups is 1. The Morgan fingerprint density at radius 1 is 1.00 bits per heavy atom. The summed E-state index contributed by atoms with van der Waals surface area (Å²) in [6.45, 7) is 0.760. The molecule has 140 valence electrons. The molecule has 0 bridgehead atoms. The lowest BCUT2D eigenvalue weighted by molar-refractivity contribution is 0.0167. The molecule has 0 spiro atoms. The Morgan fingerprint density at radius 3 is 2.59 bits per heavy atom. The van der Waals surface area contributed by atoms with Crippen molar-refractivity contribution in [2.75, 3.05) is 20.6 Å². The van der Waals surface area contributed by atoms with Crippen LogP contribution in [0.1, 0.15) is 27.0 Å². The van der Waals surface area contributed by atoms with E-state index in [-0.39, 0.29) is 25.8 Å². The van der Waals surface area contributed by atoms with Crippen LogP contribution in [0.4, 0.5) is 0 Å². The van der Waals surface area contributed by atoms with Crippen molar-refractivity contribution in [1.29, 1.82) is 0 Å². The molecule has 1 atom stereocenters. The molecule has 7 heteroatoms. The van der Waals surface area contributed by atoms with Crippen LogP contribution in [-0.4, -0.2) is 42.7 Å². The van der Waals surface area contributed by atoms with E-state index in [1.165, 1.54) is 0 Å². The van der Waals surface area contributed by atoms with Gasteiger partial charge in [0.1, 0.15) is 6.23 Å². The van der Waals surface area contributed by atoms with E-state index in [1.54, 1.807) is 12.1 Å². The number of carbonyl (C=O) groups is 1. The molecular weight excluding hydrogens is 350 g/mol. The largest absolute Gasteiger partial charge is 0.454 e. The summed E-state index contributed by atoms with van der Waals surface area (Å²) in [6, 6.07) is 7.25. The van der Waals surface area contributed by atoms with E-state index in [0.29, 0.717) is 41.5 Å². The quantitative estimate of drug-likeness (QED) is 0.760. The third kappa shape index (κ3) is 2.70. The molecule has 3 heterocycles. The predicted octanol–water partition coefficient (Wildman–Crippen LogP) is 1.88. The molecule has 3 aliphatic heterocycles. The number of aliphatic hydroxyl groups excluding tert-OH is 1. The highest BCUT2D eigenvalue weighted by molar-refractivity contribution is 6.00. The summed E-state index contributed by atoms with van der Waals surface area (Å²) >= 11 is 0. The molecule has 2 aromatic rings. The second kappa shape index (κ2) is 6.14. The second-order valence-corrected chi connectivity index (χ2v) is 7.00. The number of ketones is 1. The topological polar surface area (TPSA) is 77.5 Å². The number of ether oxygens (including phenoxy) is 4. The van der Waals surface area contributed by atoms with Crippen LogP contribution in [-0.2, 0) is 19.4 Å². The Bertz CT molecular complexity index is 941. The van der Waals surface area contributed by atoms with E-state index in [4.69, 9.17) is 18.9 Å². The Balaban J connectivity index is 1.63. The highest BCUT2D eigenvalue weighted by Gasteiger charge is 2.29. The van der Waals surface area contributed by atoms with Gasteiger partial charge in [0.05, 0.1) is 0 Å². The Labute approximate surface area is 156 Å². The number of nitrogens with zero attached hydrogens (tertiary/aromatic N) is 1. The zero-order valence-corrected chi connectivity index (χ0v) is 14.9. The van der Waals surface area contributed by atoms with Crippen LogP contribution in [0.25, 0.3) is 0 Å². The van der Waals surface area contributed by atoms with Crippen molar-refractivity contribution in [3.8, 4) is 23.0 Å². The summed E-state index contributed by atoms with van der Waals surface area (Å²) in [5.41, 5.74) is 3.06. The molecule has 0 radical (unpaired) electrons. The molecule has 0 aromatic heterocycles. The molecule has 0 saturated carbocycles. The van der Waals surface area contributed by atoms with E-state index in [9.17, 15) is 9.90 Å². The van der Waals surface area contributed by atoms with Crippen LogP contribution < -0.4 is 18.9 Å². The number of hydrogen-bond acceptors (Lipinski definition) is 7. The van der Waals surface area contributed by atoms with Gasteiger partial charge in [-0.15, -0.1) is 0 Å². The predicted molar refractivity (Wildman–Crippen MR) is 94.3 cm³/mol. The van der Waals surface area contributed by atoms with Crippen LogP contribution in [0.3, 0.4) is 0 Å². The van der Waals surface area contributed by atoms with E-state index in [0.717, 1.165) is 16.7 Å². The molecule has 0 aliphatic carbocycles. The molecule has 0 saturated heterocycles. The van der Waals surface area contributed by atoms with Gasteiger partial charge < -0.3 is 24.1 Å². The van der Waals surface area contributed by atoms with Crippen LogP contribution in [0.2, 0.25) is 0 Å². The lowest BCUT2D eigenvalue weighted by atomic mass is 9.92. The summed E-state index contributed by atoms with van der Waals surface area (Å²) in [5, 5.41) is 10.7. The van der Waals surface area contributed by atoms with Gasteiger partial charge in [0, 0.05) is 30.5 Å². The lowest BCUT2D eigenvalue weighted by Gasteiger charge is -2.27. The minimum Gasteiger partial charge on any atom is -0.454 e. The Hall–Kier alpha value is -2.77. The van der Waals surface area contributed by atoms with Crippen molar-refractivity contribution in [2.24, 2.45) is 0 Å². The van der Waals surface area contributed by atoms with Crippen molar-refractivity contribution < 1.29 is 28.8 Å². The van der Waals surface area contributed by atoms with E-state index < -0.39 is 6.23 Å². The highest BCUT2D eigenvalue weighted by Crippen LogP contribution is 2.40. The summed E-state index contributed by atoms with van der Waals surface area (Å²) in [6.07, 6.45) is -0.209. The molecule has 1 N–H and O–H groups in total. The number of fused-ring (bicyclic) bond motifs is 5. The van der Waals surface area contributed by atoms with E-state index in [1.807, 2.05) is 24.1 Å². The maximum absolute atomic E-state index is 13.1. The van der Waals surface area contributed by atoms with Gasteiger partial charge in [-0.3, -0.25) is 9.69 Å². The van der Waals surface area contributed by atoms with Gasteiger partial charge in [0.2, 0.25) is 13.6 Å². The molecule has 2 aromatic carbocycles. The Morgan fingerprint density at radius 2 is 1.74 bits per heavy atom. The Kier molecular flexibility index (Phi) is 3.73. The van der Waals surface area contributed by atoms with Gasteiger partial charge in [-0.1, -0.05) is 6.07 Å². The van der Waals surface area contributed by atoms with Gasteiger partial charge in [-0.05, 0) is 36.4 Å². The number of rotatable bonds is 0. The van der Waals surface area contributed by atoms with Gasteiger partial charge in [-0.25, -0.2) is 0 Å². The lowest BCUT2D eigenvalue weighted by Crippen LogP contribution is -2.34. The van der Waals surface area contributed by atoms with Crippen molar-refractivity contribution in [3.63, 3.8) is 0 Å². The van der Waals surface area contributed by atoms with Crippen molar-refractivity contribution >= 4 is 5.78 Å². The third-order valence-corrected chi connectivity index (χ3v) is 5.31. The summed E-state index contributed by atoms with van der Waals surface area (Å²) < 4.78 is 22.0. The number of benzene rings is 2. The molecule has 5 rings (SSSR count). The number of Topliss-reactive ketones (excluding diaryl/α,β-unsaturated/α-hetero) is 1. The zero-order chi connectivity index (χ0) is 18.5. The average Bonchev–Trinajstić information content (AvgIpc) is 3.30. The molecule has 0 amide bonds. The fraction of sp³-hybridized carbons (Fsp3) is 0.350. The minimum absolute atomic E-state index is 0.0276. The summed E-state index contributed by atoms with van der Waals surface area (Å²) in [4.78, 5) is 14.9. The monoisotopic (exact) mass is 369 g/mol. The van der Waals surface area contributed by atoms with Gasteiger partial charge in [0.25, 0.3) is 0 Å². The number of likely N-dealkylation sites (N-methyl/N-ethyl adjacent to an activating group) is 1. The SMILES string of the molecule is CN1Cc2c(ccc3c2OCO3)CC(=O)c2cc3c(cc2CC1O)OCO3. The van der Waals surface area contributed by atoms with Crippen LogP contribution in [0.5, 0.6) is 23.0 Å². The van der Waals surface area contributed by atoms with Crippen LogP contribution in [0, 0.1) is 0 Å². The van der Waals surface area contributed by atoms with Gasteiger partial charge >= 0.3 is 0 Å². The maximum atomic E-state index is 13.1. The second-order valence-electron chi connectivity index (χ2n) is 7.00. The van der Waals surface area contributed by atoms with Gasteiger partial charge in [0.15, 0.2) is 28.8 Å². The molecule has 7 nitrogen and oxygen atoms in total. The fourth-order valence-corrected chi connectivity index (χ4v) is 3.80. The first kappa shape index (κ1) is 16.4. The molecule has 3 aliphatic rings. The fourth-order valence-electron chi connectivity index (χ4n) is 3.80. The molecule has 27 heavy (non-hydrogen) atoms. The van der Waals surface area contributed by atoms with Gasteiger partial charge in [-0.2, -0.15) is 0 Å². The first-order valence-corrected chi connectivity index (χ1v) is 8.84. The molecule has 1 unspecified atom stereocenters. The smallest absolute Gasteiger partial charge is 0.231 e. The molecular formula is C20H19NO6. The standard InChI is InChI=1S/C20H19NO6/c1-21-8-14-11(2-3-16-20(14)27-10-24-16)4-15(22)13-7-18-17(25-9-26-18)5-12(13)6-19(21)23/h2-3,5,7,19,23H,4,6,8-10H2,1H3. The number of carbonyl (C=O) groups excluding carboxylic acids is 1. The van der Waals surface area contributed by atoms with Crippen LogP contribution in [0.15, 0.2) is 24.3 Å². The average molecular weight is 369 g/mol. The third-order valence-electron chi connectivity index (χ3n) is 5.31. The van der Waals surface area contributed by atoms with E-state index >= 15 is 0 Å². The highest BCUT2D eigenvalue weighted by atomic mass is 16.7. The minimum atomic E-state index is -0.763. The normalized spacial score (nSPS) is 21.0. The number of hydrogen-bond donors (Lipinski definition) is 1. The van der Waals surface area contributed by atoms with Crippen molar-refractivity contribution in [1.82, 2.24) is 4.90 Å². The molecule has 0 fully saturated rings. The zero-order valence-electron chi connectivity index (χ0n) is 14.9. The summed E-state index contributed by atoms with van der Waals surface area (Å²) in [5.74, 6) is 2.47. The first-order chi connectivity index (χ1) is 13.1. The maximum Gasteiger partial charge on any atom is 0.231 e. The van der Waals surface area contributed by atoms with Crippen molar-refractivity contribution in [3.05, 3.63) is 46.5 Å². The van der Waals surface area contributed by atoms with E-state index in [2.05, 4.69) is 0 Å². The van der Waals surface area contributed by atoms with Crippen molar-refractivity contribution in [2.45, 2.75) is 25.6 Å². The summed E-state index contributed by atoms with van der Waals surface area (Å²) in [7, 11) is 1.85. The van der Waals surface area contributed by atoms with Crippen LogP contribution >= 0.6 is 0 Å². The first-order valence-electron chi connectivity index (χ1n) is 8.84.